The van der Waals surface area contributed by atoms with E-state index in [1.165, 1.54) is 0 Å². The first-order valence-electron chi connectivity index (χ1n) is 6.02. The predicted molar refractivity (Wildman–Crippen MR) is 76.1 cm³/mol. The van der Waals surface area contributed by atoms with Gasteiger partial charge in [0.25, 0.3) is 0 Å². The number of benzene rings is 3. The van der Waals surface area contributed by atoms with Crippen LogP contribution in [-0.4, -0.2) is 17.3 Å². The van der Waals surface area contributed by atoms with Crippen molar-refractivity contribution in [3.05, 3.63) is 42.0 Å². The Morgan fingerprint density at radius 1 is 0.789 bits per heavy atom. The van der Waals surface area contributed by atoms with Gasteiger partial charge in [-0.1, -0.05) is 6.07 Å². The van der Waals surface area contributed by atoms with E-state index >= 15 is 0 Å². The van der Waals surface area contributed by atoms with E-state index in [-0.39, 0.29) is 11.5 Å². The molecule has 0 aliphatic carbocycles. The van der Waals surface area contributed by atoms with Gasteiger partial charge < -0.3 is 14.9 Å². The maximum Gasteiger partial charge on any atom is 0.127 e. The van der Waals surface area contributed by atoms with Gasteiger partial charge in [-0.05, 0) is 47.5 Å². The van der Waals surface area contributed by atoms with E-state index < -0.39 is 0 Å². The van der Waals surface area contributed by atoms with Crippen LogP contribution < -0.4 is 4.74 Å². The van der Waals surface area contributed by atoms with E-state index in [0.29, 0.717) is 11.1 Å². The summed E-state index contributed by atoms with van der Waals surface area (Å²) in [4.78, 5) is 0. The van der Waals surface area contributed by atoms with Crippen molar-refractivity contribution in [3.63, 3.8) is 0 Å². The largest absolute Gasteiger partial charge is 0.507 e. The van der Waals surface area contributed by atoms with Gasteiger partial charge in [0.2, 0.25) is 0 Å². The van der Waals surface area contributed by atoms with Crippen LogP contribution in [0.3, 0.4) is 0 Å². The molecule has 3 rings (SSSR count). The molecule has 3 heteroatoms. The lowest BCUT2D eigenvalue weighted by molar-refractivity contribution is 0.409. The third-order valence-electron chi connectivity index (χ3n) is 3.33. The molecule has 0 amide bonds. The van der Waals surface area contributed by atoms with E-state index in [0.717, 1.165) is 21.7 Å². The minimum atomic E-state index is 0.149. The summed E-state index contributed by atoms with van der Waals surface area (Å²) in [6.07, 6.45) is 0. The van der Waals surface area contributed by atoms with Crippen molar-refractivity contribution in [1.29, 1.82) is 0 Å². The van der Waals surface area contributed by atoms with Crippen molar-refractivity contribution in [2.45, 2.75) is 6.92 Å². The minimum Gasteiger partial charge on any atom is -0.507 e. The number of hydrogen-bond donors (Lipinski definition) is 2. The van der Waals surface area contributed by atoms with Crippen molar-refractivity contribution in [3.8, 4) is 17.2 Å². The number of methoxy groups -OCH3 is 1. The molecule has 3 aromatic carbocycles. The molecule has 0 atom stereocenters. The smallest absolute Gasteiger partial charge is 0.127 e. The summed E-state index contributed by atoms with van der Waals surface area (Å²) in [7, 11) is 1.57. The van der Waals surface area contributed by atoms with Gasteiger partial charge in [0.1, 0.15) is 17.2 Å². The lowest BCUT2D eigenvalue weighted by Crippen LogP contribution is -1.85. The van der Waals surface area contributed by atoms with Crippen LogP contribution in [0, 0.1) is 6.92 Å². The molecule has 0 radical (unpaired) electrons. The van der Waals surface area contributed by atoms with Gasteiger partial charge in [-0.25, -0.2) is 0 Å². The van der Waals surface area contributed by atoms with Crippen LogP contribution in [-0.2, 0) is 0 Å². The number of phenols is 2. The van der Waals surface area contributed by atoms with Gasteiger partial charge >= 0.3 is 0 Å². The summed E-state index contributed by atoms with van der Waals surface area (Å²) in [6.45, 7) is 1.94. The van der Waals surface area contributed by atoms with Crippen LogP contribution in [0.1, 0.15) is 5.56 Å². The number of aryl methyl sites for hydroxylation is 1. The number of fused-ring (bicyclic) bond motifs is 2. The molecule has 0 saturated heterocycles. The zero-order valence-electron chi connectivity index (χ0n) is 10.8. The molecular weight excluding hydrogens is 240 g/mol. The van der Waals surface area contributed by atoms with Gasteiger partial charge in [0.05, 0.1) is 7.11 Å². The Morgan fingerprint density at radius 2 is 1.42 bits per heavy atom. The second-order valence-electron chi connectivity index (χ2n) is 4.73. The molecule has 3 aromatic rings. The highest BCUT2D eigenvalue weighted by Gasteiger charge is 2.08. The molecule has 0 aromatic heterocycles. The van der Waals surface area contributed by atoms with Crippen LogP contribution in [0.4, 0.5) is 0 Å². The van der Waals surface area contributed by atoms with E-state index in [1.807, 2.05) is 25.1 Å². The fourth-order valence-electron chi connectivity index (χ4n) is 2.42. The van der Waals surface area contributed by atoms with E-state index in [4.69, 9.17) is 4.74 Å². The van der Waals surface area contributed by atoms with E-state index in [1.54, 1.807) is 25.3 Å². The minimum absolute atomic E-state index is 0.149. The van der Waals surface area contributed by atoms with Crippen molar-refractivity contribution < 1.29 is 14.9 Å². The van der Waals surface area contributed by atoms with Gasteiger partial charge in [0.15, 0.2) is 0 Å². The first kappa shape index (κ1) is 11.7. The zero-order chi connectivity index (χ0) is 13.6. The van der Waals surface area contributed by atoms with Crippen LogP contribution in [0.25, 0.3) is 21.5 Å². The third kappa shape index (κ3) is 1.83. The second kappa shape index (κ2) is 4.05. The summed E-state index contributed by atoms with van der Waals surface area (Å²) in [5.74, 6) is 0.990. The molecule has 96 valence electrons. The zero-order valence-corrected chi connectivity index (χ0v) is 10.8. The molecule has 3 nitrogen and oxygen atoms in total. The second-order valence-corrected chi connectivity index (χ2v) is 4.73. The molecule has 0 spiro atoms. The topological polar surface area (TPSA) is 49.7 Å². The van der Waals surface area contributed by atoms with Gasteiger partial charge in [-0.15, -0.1) is 0 Å². The molecule has 0 bridgehead atoms. The van der Waals surface area contributed by atoms with Gasteiger partial charge in [0, 0.05) is 16.8 Å². The Labute approximate surface area is 110 Å². The molecule has 0 aliphatic heterocycles. The molecule has 0 fully saturated rings. The molecule has 2 N–H and O–H groups in total. The summed E-state index contributed by atoms with van der Waals surface area (Å²) in [5, 5.41) is 23.3. The standard InChI is InChI=1S/C16H14O3/c1-9-3-10-5-11-6-12(19-2)7-16(18)14(11)8-13(10)15(17)4-9/h3-8,17-18H,1-2H3. The van der Waals surface area contributed by atoms with Crippen molar-refractivity contribution >= 4 is 21.5 Å². The van der Waals surface area contributed by atoms with Crippen LogP contribution in [0.2, 0.25) is 0 Å². The molecule has 0 heterocycles. The monoisotopic (exact) mass is 254 g/mol. The molecular formula is C16H14O3. The Hall–Kier alpha value is -2.42. The summed E-state index contributed by atoms with van der Waals surface area (Å²) in [5.41, 5.74) is 0.997. The number of rotatable bonds is 1. The molecule has 0 aliphatic rings. The number of phenolic OH excluding ortho intramolecular Hbond substituents is 2. The Bertz CT molecular complexity index is 791. The van der Waals surface area contributed by atoms with E-state index in [9.17, 15) is 10.2 Å². The highest BCUT2D eigenvalue weighted by molar-refractivity contribution is 6.03. The predicted octanol–water partition coefficient (Wildman–Crippen LogP) is 3.72. The van der Waals surface area contributed by atoms with Crippen molar-refractivity contribution in [1.82, 2.24) is 0 Å². The van der Waals surface area contributed by atoms with Crippen LogP contribution >= 0.6 is 0 Å². The highest BCUT2D eigenvalue weighted by Crippen LogP contribution is 2.36. The average Bonchev–Trinajstić information content (AvgIpc) is 2.36. The highest BCUT2D eigenvalue weighted by atomic mass is 16.5. The normalized spacial score (nSPS) is 11.1. The lowest BCUT2D eigenvalue weighted by atomic mass is 10.0. The lowest BCUT2D eigenvalue weighted by Gasteiger charge is -2.09. The molecule has 0 unspecified atom stereocenters. The molecule has 19 heavy (non-hydrogen) atoms. The van der Waals surface area contributed by atoms with Gasteiger partial charge in [-0.3, -0.25) is 0 Å². The summed E-state index contributed by atoms with van der Waals surface area (Å²) < 4.78 is 5.15. The SMILES string of the molecule is COc1cc(O)c2cc3c(O)cc(C)cc3cc2c1. The first-order chi connectivity index (χ1) is 9.08. The number of ether oxygens (including phenoxy) is 1. The quantitative estimate of drug-likeness (QED) is 0.651. The fourth-order valence-corrected chi connectivity index (χ4v) is 2.42. The summed E-state index contributed by atoms with van der Waals surface area (Å²) in [6, 6.07) is 10.9. The van der Waals surface area contributed by atoms with Gasteiger partial charge in [-0.2, -0.15) is 0 Å². The Morgan fingerprint density at radius 3 is 2.11 bits per heavy atom. The summed E-state index contributed by atoms with van der Waals surface area (Å²) >= 11 is 0. The van der Waals surface area contributed by atoms with Crippen molar-refractivity contribution in [2.24, 2.45) is 0 Å². The number of hydrogen-bond acceptors (Lipinski definition) is 3. The molecule has 0 saturated carbocycles. The maximum absolute atomic E-state index is 10.0. The van der Waals surface area contributed by atoms with Crippen LogP contribution in [0.5, 0.6) is 17.2 Å². The Balaban J connectivity index is 2.45. The first-order valence-corrected chi connectivity index (χ1v) is 6.02. The number of aromatic hydroxyl groups is 2. The third-order valence-corrected chi connectivity index (χ3v) is 3.33. The average molecular weight is 254 g/mol. The van der Waals surface area contributed by atoms with Crippen molar-refractivity contribution in [2.75, 3.05) is 7.11 Å². The maximum atomic E-state index is 10.0. The van der Waals surface area contributed by atoms with Crippen LogP contribution in [0.15, 0.2) is 36.4 Å². The Kier molecular flexibility index (Phi) is 2.49. The fraction of sp³-hybridized carbons (Fsp3) is 0.125. The van der Waals surface area contributed by atoms with E-state index in [2.05, 4.69) is 0 Å².